The van der Waals surface area contributed by atoms with Gasteiger partial charge in [-0.3, -0.25) is 14.0 Å². The average molecular weight is 924 g/mol. The van der Waals surface area contributed by atoms with Crippen LogP contribution >= 0.6 is 0 Å². The number of aromatic nitrogens is 10. The lowest BCUT2D eigenvalue weighted by Crippen LogP contribution is -1.98. The molecule has 0 radical (unpaired) electrons. The molecule has 0 aliphatic carbocycles. The van der Waals surface area contributed by atoms with Crippen LogP contribution in [0.4, 0.5) is 0 Å². The minimum Gasteiger partial charge on any atom is -0.357 e. The first kappa shape index (κ1) is 73.0. The average Bonchev–Trinajstić information content (AvgIpc) is 4.18. The van der Waals surface area contributed by atoms with Crippen LogP contribution in [0, 0.1) is 0 Å². The summed E-state index contributed by atoms with van der Waals surface area (Å²) >= 11 is 0. The molecule has 6 heterocycles. The Hall–Kier alpha value is -4.60. The van der Waals surface area contributed by atoms with E-state index in [4.69, 9.17) is 0 Å². The van der Waals surface area contributed by atoms with Crippen LogP contribution < -0.4 is 0 Å². The lowest BCUT2D eigenvalue weighted by atomic mass is 10.1. The maximum absolute atomic E-state index is 4.23. The van der Waals surface area contributed by atoms with E-state index >= 15 is 0 Å². The predicted octanol–water partition coefficient (Wildman–Crippen LogP) is 16.6. The maximum atomic E-state index is 4.23. The molecule has 10 nitrogen and oxygen atoms in total. The molecule has 0 unspecified atom stereocenters. The summed E-state index contributed by atoms with van der Waals surface area (Å²) in [6.45, 7) is 50.0. The molecule has 66 heavy (non-hydrogen) atoms. The maximum Gasteiger partial charge on any atom is 0.0945 e. The highest BCUT2D eigenvalue weighted by molar-refractivity contribution is 5.14. The van der Waals surface area contributed by atoms with Gasteiger partial charge in [-0.25, -0.2) is 4.98 Å². The largest absolute Gasteiger partial charge is 0.357 e. The lowest BCUT2D eigenvalue weighted by Gasteiger charge is -2.04. The molecule has 0 atom stereocenters. The van der Waals surface area contributed by atoms with Crippen molar-refractivity contribution in [2.75, 3.05) is 0 Å². The Balaban J connectivity index is -0.000000156. The van der Waals surface area contributed by atoms with Crippen molar-refractivity contribution in [3.05, 3.63) is 120 Å². The summed E-state index contributed by atoms with van der Waals surface area (Å²) in [5, 5.41) is 12.5. The highest BCUT2D eigenvalue weighted by Crippen LogP contribution is 2.14. The van der Waals surface area contributed by atoms with Crippen molar-refractivity contribution in [2.45, 2.75) is 202 Å². The molecular formula is C56H110N10. The van der Waals surface area contributed by atoms with Crippen molar-refractivity contribution in [3.8, 4) is 0 Å². The molecule has 6 aromatic heterocycles. The first-order valence-corrected chi connectivity index (χ1v) is 25.4. The summed E-state index contributed by atoms with van der Waals surface area (Å²) in [5.41, 5.74) is 7.72. The van der Waals surface area contributed by atoms with E-state index in [0.29, 0.717) is 35.5 Å². The van der Waals surface area contributed by atoms with E-state index in [0.717, 1.165) is 11.4 Å². The zero-order valence-electron chi connectivity index (χ0n) is 49.0. The van der Waals surface area contributed by atoms with Crippen molar-refractivity contribution in [1.29, 1.82) is 0 Å². The zero-order chi connectivity index (χ0) is 53.1. The second kappa shape index (κ2) is 46.9. The molecular weight excluding hydrogens is 813 g/mol. The van der Waals surface area contributed by atoms with E-state index in [1.165, 1.54) is 22.6 Å². The standard InChI is InChI=1S/2C8H13N.4C7H12N2.6C2H6/c1-7(2)8-4-5-9(3)6-8;1-7(2)8-5-4-6-9(8)3;1-6(2)7-4-8-5-9(7)3;2*1-6(2)7-4-5-9(3)8-7;1-6(2)7-4-5-8-9(7)3;6*1-2/h2*4-7H,1-3H3;4*4-6H,1-3H3;6*1-2H3. The molecule has 384 valence electrons. The molecule has 0 bridgehead atoms. The molecule has 0 saturated heterocycles. The van der Waals surface area contributed by atoms with Gasteiger partial charge < -0.3 is 13.7 Å². The topological polar surface area (TPSA) is 81.1 Å². The summed E-state index contributed by atoms with van der Waals surface area (Å²) in [4.78, 5) is 4.01. The predicted molar refractivity (Wildman–Crippen MR) is 296 cm³/mol. The third-order valence-corrected chi connectivity index (χ3v) is 8.64. The van der Waals surface area contributed by atoms with Gasteiger partial charge in [0.1, 0.15) is 0 Å². The molecule has 10 heteroatoms. The van der Waals surface area contributed by atoms with E-state index in [-0.39, 0.29) is 0 Å². The fraction of sp³-hybridized carbons (Fsp3) is 0.643. The fourth-order valence-corrected chi connectivity index (χ4v) is 5.30. The van der Waals surface area contributed by atoms with Gasteiger partial charge in [0, 0.05) is 103 Å². The van der Waals surface area contributed by atoms with Crippen LogP contribution in [-0.4, -0.2) is 48.0 Å². The van der Waals surface area contributed by atoms with Crippen molar-refractivity contribution >= 4 is 0 Å². The van der Waals surface area contributed by atoms with Gasteiger partial charge in [0.05, 0.1) is 17.7 Å². The van der Waals surface area contributed by atoms with Gasteiger partial charge in [0.15, 0.2) is 0 Å². The molecule has 6 aromatic rings. The van der Waals surface area contributed by atoms with Gasteiger partial charge in [-0.05, 0) is 77.5 Å². The summed E-state index contributed by atoms with van der Waals surface area (Å²) in [5.74, 6) is 3.56. The van der Waals surface area contributed by atoms with Crippen LogP contribution in [0.1, 0.15) is 236 Å². The Morgan fingerprint density at radius 1 is 0.409 bits per heavy atom. The molecule has 0 aromatic carbocycles. The molecule has 0 N–H and O–H groups in total. The van der Waals surface area contributed by atoms with Crippen molar-refractivity contribution in [1.82, 2.24) is 48.0 Å². The summed E-state index contributed by atoms with van der Waals surface area (Å²) in [6.07, 6.45) is 15.8. The fourth-order valence-electron chi connectivity index (χ4n) is 5.30. The Kier molecular flexibility index (Phi) is 51.9. The smallest absolute Gasteiger partial charge is 0.0945 e. The SMILES string of the molecule is CC.CC.CC.CC.CC.CC.CC(C)c1cccn1C.CC(C)c1ccn(C)c1.CC(C)c1ccn(C)n1.CC(C)c1ccn(C)n1.CC(C)c1ccnn1C.CC(C)c1cncn1C. The molecule has 0 spiro atoms. The van der Waals surface area contributed by atoms with Gasteiger partial charge in [-0.1, -0.05) is 166 Å². The van der Waals surface area contributed by atoms with Gasteiger partial charge >= 0.3 is 0 Å². The second-order valence-corrected chi connectivity index (χ2v) is 15.7. The Bertz CT molecular complexity index is 1610. The highest BCUT2D eigenvalue weighted by Gasteiger charge is 2.03. The number of nitrogens with zero attached hydrogens (tertiary/aromatic N) is 10. The third kappa shape index (κ3) is 34.7. The molecule has 0 fully saturated rings. The van der Waals surface area contributed by atoms with Crippen molar-refractivity contribution in [3.63, 3.8) is 0 Å². The molecule has 0 aliphatic heterocycles. The van der Waals surface area contributed by atoms with E-state index in [9.17, 15) is 0 Å². The second-order valence-electron chi connectivity index (χ2n) is 15.7. The molecule has 6 rings (SSSR count). The van der Waals surface area contributed by atoms with Crippen LogP contribution in [0.2, 0.25) is 0 Å². The number of aryl methyl sites for hydroxylation is 6. The van der Waals surface area contributed by atoms with Crippen molar-refractivity contribution < 1.29 is 0 Å². The number of rotatable bonds is 6. The normalized spacial score (nSPS) is 9.27. The third-order valence-electron chi connectivity index (χ3n) is 8.64. The van der Waals surface area contributed by atoms with E-state index in [1.54, 1.807) is 0 Å². The minimum atomic E-state index is 0.547. The van der Waals surface area contributed by atoms with Gasteiger partial charge in [0.25, 0.3) is 0 Å². The van der Waals surface area contributed by atoms with Crippen LogP contribution in [0.5, 0.6) is 0 Å². The lowest BCUT2D eigenvalue weighted by molar-refractivity contribution is 0.669. The summed E-state index contributed by atoms with van der Waals surface area (Å²) in [7, 11) is 12.0. The number of imidazole rings is 1. The Labute approximate surface area is 410 Å². The Morgan fingerprint density at radius 2 is 0.833 bits per heavy atom. The van der Waals surface area contributed by atoms with E-state index < -0.39 is 0 Å². The monoisotopic (exact) mass is 923 g/mol. The number of hydrogen-bond acceptors (Lipinski definition) is 4. The van der Waals surface area contributed by atoms with Gasteiger partial charge in [-0.2, -0.15) is 15.3 Å². The molecule has 0 saturated carbocycles. The van der Waals surface area contributed by atoms with E-state index in [2.05, 4.69) is 156 Å². The van der Waals surface area contributed by atoms with Gasteiger partial charge in [-0.15, -0.1) is 0 Å². The first-order chi connectivity index (χ1) is 31.2. The number of hydrogen-bond donors (Lipinski definition) is 0. The highest BCUT2D eigenvalue weighted by atomic mass is 15.3. The van der Waals surface area contributed by atoms with Gasteiger partial charge in [0.2, 0.25) is 0 Å². The zero-order valence-corrected chi connectivity index (χ0v) is 49.0. The summed E-state index contributed by atoms with van der Waals surface area (Å²) < 4.78 is 11.8. The molecule has 0 aliphatic rings. The first-order valence-electron chi connectivity index (χ1n) is 25.4. The van der Waals surface area contributed by atoms with Crippen LogP contribution in [0.3, 0.4) is 0 Å². The minimum absolute atomic E-state index is 0.547. The van der Waals surface area contributed by atoms with E-state index in [1.807, 2.05) is 186 Å². The Morgan fingerprint density at radius 3 is 0.985 bits per heavy atom. The quantitative estimate of drug-likeness (QED) is 0.167. The molecule has 0 amide bonds. The van der Waals surface area contributed by atoms with Crippen LogP contribution in [0.15, 0.2) is 86.1 Å². The van der Waals surface area contributed by atoms with Crippen LogP contribution in [-0.2, 0) is 42.3 Å². The van der Waals surface area contributed by atoms with Crippen molar-refractivity contribution in [2.24, 2.45) is 42.3 Å². The van der Waals surface area contributed by atoms with Crippen LogP contribution in [0.25, 0.3) is 0 Å². The summed E-state index contributed by atoms with van der Waals surface area (Å²) in [6, 6.07) is 12.5.